The molecule has 0 heterocycles. The molecule has 1 unspecified atom stereocenters. The van der Waals surface area contributed by atoms with Crippen molar-refractivity contribution in [2.24, 2.45) is 5.73 Å². The van der Waals surface area contributed by atoms with Crippen LogP contribution in [0.5, 0.6) is 0 Å². The van der Waals surface area contributed by atoms with E-state index in [2.05, 4.69) is 0 Å². The molecule has 2 rings (SSSR count). The zero-order chi connectivity index (χ0) is 17.5. The van der Waals surface area contributed by atoms with Gasteiger partial charge in [-0.15, -0.1) is 0 Å². The second-order valence-corrected chi connectivity index (χ2v) is 4.81. The van der Waals surface area contributed by atoms with Gasteiger partial charge in [0.1, 0.15) is 0 Å². The minimum atomic E-state index is -1.18. The van der Waals surface area contributed by atoms with Gasteiger partial charge in [-0.2, -0.15) is 0 Å². The molecule has 122 valence electrons. The van der Waals surface area contributed by atoms with Gasteiger partial charge in [0.15, 0.2) is 0 Å². The molecule has 0 saturated carbocycles. The Morgan fingerprint density at radius 2 is 1.71 bits per heavy atom. The van der Waals surface area contributed by atoms with E-state index in [1.807, 2.05) is 0 Å². The second-order valence-electron chi connectivity index (χ2n) is 4.81. The van der Waals surface area contributed by atoms with Gasteiger partial charge in [-0.3, -0.25) is 14.9 Å². The van der Waals surface area contributed by atoms with Crippen molar-refractivity contribution < 1.29 is 19.2 Å². The van der Waals surface area contributed by atoms with Crippen molar-refractivity contribution >= 4 is 23.6 Å². The van der Waals surface area contributed by atoms with Gasteiger partial charge < -0.3 is 10.5 Å². The first-order valence-corrected chi connectivity index (χ1v) is 6.95. The summed E-state index contributed by atoms with van der Waals surface area (Å²) in [5.41, 5.74) is 6.27. The van der Waals surface area contributed by atoms with Crippen LogP contribution < -0.4 is 5.73 Å². The number of non-ortho nitro benzene ring substituents is 1. The van der Waals surface area contributed by atoms with Gasteiger partial charge in [0.2, 0.25) is 6.10 Å². The minimum absolute atomic E-state index is 0.0485. The van der Waals surface area contributed by atoms with Crippen LogP contribution in [0.15, 0.2) is 60.7 Å². The lowest BCUT2D eigenvalue weighted by atomic mass is 10.1. The number of benzene rings is 2. The fourth-order valence-corrected chi connectivity index (χ4v) is 1.95. The summed E-state index contributed by atoms with van der Waals surface area (Å²) in [6.45, 7) is 0. The van der Waals surface area contributed by atoms with E-state index in [-0.39, 0.29) is 5.69 Å². The summed E-state index contributed by atoms with van der Waals surface area (Å²) >= 11 is 0. The lowest BCUT2D eigenvalue weighted by Crippen LogP contribution is -2.25. The highest BCUT2D eigenvalue weighted by molar-refractivity contribution is 5.90. The van der Waals surface area contributed by atoms with Gasteiger partial charge in [0.25, 0.3) is 11.6 Å². The van der Waals surface area contributed by atoms with Crippen LogP contribution >= 0.6 is 0 Å². The second kappa shape index (κ2) is 7.68. The van der Waals surface area contributed by atoms with Crippen molar-refractivity contribution in [2.45, 2.75) is 6.10 Å². The van der Waals surface area contributed by atoms with Crippen LogP contribution in [0.1, 0.15) is 17.2 Å². The third kappa shape index (κ3) is 4.51. The summed E-state index contributed by atoms with van der Waals surface area (Å²) in [7, 11) is 0. The van der Waals surface area contributed by atoms with Gasteiger partial charge in [-0.25, -0.2) is 4.79 Å². The molecule has 0 aliphatic rings. The number of nitrogens with zero attached hydrogens (tertiary/aromatic N) is 1. The molecular weight excluding hydrogens is 312 g/mol. The maximum absolute atomic E-state index is 11.9. The third-order valence-electron chi connectivity index (χ3n) is 3.11. The SMILES string of the molecule is NC(=O)C(OC(=O)/C=C/c1ccc([N+](=O)[O-])cc1)c1ccccc1. The molecule has 1 amide bonds. The Kier molecular flexibility index (Phi) is 5.40. The van der Waals surface area contributed by atoms with E-state index in [4.69, 9.17) is 10.5 Å². The Morgan fingerprint density at radius 1 is 1.08 bits per heavy atom. The van der Waals surface area contributed by atoms with Crippen LogP contribution in [0.2, 0.25) is 0 Å². The number of nitro groups is 1. The molecule has 0 aromatic heterocycles. The normalized spacial score (nSPS) is 11.8. The standard InChI is InChI=1S/C17H14N2O5/c18-17(21)16(13-4-2-1-3-5-13)24-15(20)11-8-12-6-9-14(10-7-12)19(22)23/h1-11,16H,(H2,18,21)/b11-8+. The minimum Gasteiger partial charge on any atom is -0.444 e. The molecule has 7 nitrogen and oxygen atoms in total. The molecule has 2 aromatic rings. The number of carbonyl (C=O) groups excluding carboxylic acids is 2. The number of nitrogens with two attached hydrogens (primary N) is 1. The number of carbonyl (C=O) groups is 2. The molecule has 0 bridgehead atoms. The first kappa shape index (κ1) is 16.9. The van der Waals surface area contributed by atoms with E-state index in [0.29, 0.717) is 11.1 Å². The zero-order valence-electron chi connectivity index (χ0n) is 12.5. The average Bonchev–Trinajstić information content (AvgIpc) is 2.58. The van der Waals surface area contributed by atoms with Crippen molar-refractivity contribution in [1.29, 1.82) is 0 Å². The summed E-state index contributed by atoms with van der Waals surface area (Å²) in [4.78, 5) is 33.4. The Balaban J connectivity index is 2.05. The van der Waals surface area contributed by atoms with Crippen molar-refractivity contribution in [3.8, 4) is 0 Å². The summed E-state index contributed by atoms with van der Waals surface area (Å²) in [5, 5.41) is 10.6. The van der Waals surface area contributed by atoms with Gasteiger partial charge in [0, 0.05) is 23.8 Å². The lowest BCUT2D eigenvalue weighted by molar-refractivity contribution is -0.384. The summed E-state index contributed by atoms with van der Waals surface area (Å²) < 4.78 is 5.07. The molecular formula is C17H14N2O5. The molecule has 0 saturated heterocycles. The molecule has 0 fully saturated rings. The predicted molar refractivity (Wildman–Crippen MR) is 86.6 cm³/mol. The average molecular weight is 326 g/mol. The van der Waals surface area contributed by atoms with E-state index in [9.17, 15) is 19.7 Å². The first-order valence-electron chi connectivity index (χ1n) is 6.95. The van der Waals surface area contributed by atoms with Gasteiger partial charge >= 0.3 is 5.97 Å². The quantitative estimate of drug-likeness (QED) is 0.379. The Hall–Kier alpha value is -3.48. The Labute approximate surface area is 137 Å². The highest BCUT2D eigenvalue weighted by Gasteiger charge is 2.21. The molecule has 2 aromatic carbocycles. The van der Waals surface area contributed by atoms with E-state index >= 15 is 0 Å². The van der Waals surface area contributed by atoms with Crippen molar-refractivity contribution in [3.63, 3.8) is 0 Å². The van der Waals surface area contributed by atoms with Crippen molar-refractivity contribution in [3.05, 3.63) is 81.9 Å². The molecule has 0 radical (unpaired) electrons. The number of amides is 1. The zero-order valence-corrected chi connectivity index (χ0v) is 12.5. The Bertz CT molecular complexity index is 769. The summed E-state index contributed by atoms with van der Waals surface area (Å²) in [6.07, 6.45) is 1.37. The lowest BCUT2D eigenvalue weighted by Gasteiger charge is -2.13. The number of primary amides is 1. The number of nitro benzene ring substituents is 1. The van der Waals surface area contributed by atoms with E-state index < -0.39 is 22.9 Å². The predicted octanol–water partition coefficient (Wildman–Crippen LogP) is 2.38. The van der Waals surface area contributed by atoms with Crippen LogP contribution in [-0.2, 0) is 14.3 Å². The maximum Gasteiger partial charge on any atom is 0.331 e. The number of hydrogen-bond donors (Lipinski definition) is 1. The Morgan fingerprint density at radius 3 is 2.25 bits per heavy atom. The monoisotopic (exact) mass is 326 g/mol. The smallest absolute Gasteiger partial charge is 0.331 e. The fraction of sp³-hybridized carbons (Fsp3) is 0.0588. The number of rotatable bonds is 6. The molecule has 24 heavy (non-hydrogen) atoms. The molecule has 0 spiro atoms. The summed E-state index contributed by atoms with van der Waals surface area (Å²) in [6, 6.07) is 14.0. The maximum atomic E-state index is 11.9. The first-order chi connectivity index (χ1) is 11.5. The van der Waals surface area contributed by atoms with Gasteiger partial charge in [-0.1, -0.05) is 30.3 Å². The van der Waals surface area contributed by atoms with E-state index in [1.165, 1.54) is 30.3 Å². The van der Waals surface area contributed by atoms with E-state index in [1.54, 1.807) is 30.3 Å². The van der Waals surface area contributed by atoms with Crippen LogP contribution in [0.3, 0.4) is 0 Å². The molecule has 2 N–H and O–H groups in total. The van der Waals surface area contributed by atoms with Crippen molar-refractivity contribution in [2.75, 3.05) is 0 Å². The molecule has 0 aliphatic carbocycles. The van der Waals surface area contributed by atoms with Crippen molar-refractivity contribution in [1.82, 2.24) is 0 Å². The van der Waals surface area contributed by atoms with Crippen LogP contribution in [0.4, 0.5) is 5.69 Å². The van der Waals surface area contributed by atoms with Gasteiger partial charge in [0.05, 0.1) is 4.92 Å². The van der Waals surface area contributed by atoms with Crippen LogP contribution in [0.25, 0.3) is 6.08 Å². The summed E-state index contributed by atoms with van der Waals surface area (Å²) in [5.74, 6) is -1.53. The van der Waals surface area contributed by atoms with E-state index in [0.717, 1.165) is 6.08 Å². The molecule has 1 atom stereocenters. The van der Waals surface area contributed by atoms with Gasteiger partial charge in [-0.05, 0) is 23.8 Å². The third-order valence-corrected chi connectivity index (χ3v) is 3.11. The molecule has 0 aliphatic heterocycles. The fourth-order valence-electron chi connectivity index (χ4n) is 1.95. The highest BCUT2D eigenvalue weighted by atomic mass is 16.6. The number of hydrogen-bond acceptors (Lipinski definition) is 5. The topological polar surface area (TPSA) is 113 Å². The van der Waals surface area contributed by atoms with Crippen LogP contribution in [0, 0.1) is 10.1 Å². The number of esters is 1. The molecule has 7 heteroatoms. The number of ether oxygens (including phenoxy) is 1. The largest absolute Gasteiger partial charge is 0.444 e. The van der Waals surface area contributed by atoms with Crippen LogP contribution in [-0.4, -0.2) is 16.8 Å². The highest BCUT2D eigenvalue weighted by Crippen LogP contribution is 2.17.